The van der Waals surface area contributed by atoms with Crippen molar-refractivity contribution in [1.29, 1.82) is 0 Å². The second-order valence-electron chi connectivity index (χ2n) is 2.95. The molecular weight excluding hydrogens is 267 g/mol. The van der Waals surface area contributed by atoms with Crippen molar-refractivity contribution in [2.45, 2.75) is 12.7 Å². The summed E-state index contributed by atoms with van der Waals surface area (Å²) in [5, 5.41) is 9.12. The van der Waals surface area contributed by atoms with E-state index in [0.717, 1.165) is 10.0 Å². The predicted octanol–water partition coefficient (Wildman–Crippen LogP) is 2.57. The van der Waals surface area contributed by atoms with Crippen molar-refractivity contribution in [2.24, 2.45) is 0 Å². The molecule has 0 aliphatic carbocycles. The minimum absolute atomic E-state index is 0.207. The lowest BCUT2D eigenvalue weighted by atomic mass is 10.2. The number of aliphatic hydroxyl groups excluding tert-OH is 1. The first-order chi connectivity index (χ1) is 6.72. The quantitative estimate of drug-likeness (QED) is 0.840. The van der Waals surface area contributed by atoms with Crippen LogP contribution >= 0.6 is 27.5 Å². The Bertz CT molecular complexity index is 281. The molecule has 1 N–H and O–H groups in total. The van der Waals surface area contributed by atoms with Gasteiger partial charge in [-0.15, -0.1) is 11.6 Å². The van der Waals surface area contributed by atoms with Crippen molar-refractivity contribution >= 4 is 27.5 Å². The van der Waals surface area contributed by atoms with Crippen molar-refractivity contribution in [1.82, 2.24) is 0 Å². The van der Waals surface area contributed by atoms with Gasteiger partial charge in [0.05, 0.1) is 25.2 Å². The molecule has 1 aromatic carbocycles. The SMILES string of the molecule is OC(CCl)COCc1cccc(Br)c1. The van der Waals surface area contributed by atoms with Crippen molar-refractivity contribution < 1.29 is 9.84 Å². The Labute approximate surface area is 97.0 Å². The summed E-state index contributed by atoms with van der Waals surface area (Å²) in [6.45, 7) is 0.767. The van der Waals surface area contributed by atoms with Gasteiger partial charge in [-0.25, -0.2) is 0 Å². The summed E-state index contributed by atoms with van der Waals surface area (Å²) in [6.07, 6.45) is -0.580. The van der Waals surface area contributed by atoms with Crippen LogP contribution < -0.4 is 0 Å². The van der Waals surface area contributed by atoms with E-state index in [2.05, 4.69) is 15.9 Å². The van der Waals surface area contributed by atoms with Gasteiger partial charge in [-0.2, -0.15) is 0 Å². The number of ether oxygens (including phenoxy) is 1. The van der Waals surface area contributed by atoms with Crippen LogP contribution in [0.2, 0.25) is 0 Å². The maximum atomic E-state index is 9.12. The molecule has 1 atom stereocenters. The van der Waals surface area contributed by atoms with E-state index >= 15 is 0 Å². The van der Waals surface area contributed by atoms with E-state index in [1.165, 1.54) is 0 Å². The van der Waals surface area contributed by atoms with E-state index in [9.17, 15) is 0 Å². The van der Waals surface area contributed by atoms with Gasteiger partial charge in [0.1, 0.15) is 0 Å². The van der Waals surface area contributed by atoms with Crippen LogP contribution in [0.25, 0.3) is 0 Å². The zero-order valence-electron chi connectivity index (χ0n) is 7.62. The lowest BCUT2D eigenvalue weighted by Crippen LogP contribution is -2.16. The van der Waals surface area contributed by atoms with E-state index in [0.29, 0.717) is 6.61 Å². The topological polar surface area (TPSA) is 29.5 Å². The summed E-state index contributed by atoms with van der Waals surface area (Å²) in [5.74, 6) is 0.207. The zero-order chi connectivity index (χ0) is 10.4. The first-order valence-electron chi connectivity index (χ1n) is 4.28. The fourth-order valence-electron chi connectivity index (χ4n) is 0.984. The van der Waals surface area contributed by atoms with Gasteiger partial charge in [0.15, 0.2) is 0 Å². The molecule has 0 aliphatic heterocycles. The predicted molar refractivity (Wildman–Crippen MR) is 60.5 cm³/mol. The molecule has 1 unspecified atom stereocenters. The minimum atomic E-state index is -0.580. The Balaban J connectivity index is 2.31. The molecule has 2 nitrogen and oxygen atoms in total. The number of benzene rings is 1. The monoisotopic (exact) mass is 278 g/mol. The van der Waals surface area contributed by atoms with Crippen molar-refractivity contribution in [3.05, 3.63) is 34.3 Å². The van der Waals surface area contributed by atoms with Gasteiger partial charge in [0.25, 0.3) is 0 Å². The number of aliphatic hydroxyl groups is 1. The molecule has 0 bridgehead atoms. The molecule has 0 saturated carbocycles. The lowest BCUT2D eigenvalue weighted by molar-refractivity contribution is 0.0392. The van der Waals surface area contributed by atoms with Crippen LogP contribution in [0, 0.1) is 0 Å². The van der Waals surface area contributed by atoms with Gasteiger partial charge >= 0.3 is 0 Å². The Morgan fingerprint density at radius 1 is 1.50 bits per heavy atom. The molecule has 0 spiro atoms. The van der Waals surface area contributed by atoms with Crippen LogP contribution in [-0.4, -0.2) is 23.7 Å². The average molecular weight is 280 g/mol. The van der Waals surface area contributed by atoms with Crippen LogP contribution in [0.15, 0.2) is 28.7 Å². The summed E-state index contributed by atoms with van der Waals surface area (Å²) in [5.41, 5.74) is 1.07. The standard InChI is InChI=1S/C10H12BrClO2/c11-9-3-1-2-8(4-9)6-14-7-10(13)5-12/h1-4,10,13H,5-7H2. The number of hydrogen-bond acceptors (Lipinski definition) is 2. The lowest BCUT2D eigenvalue weighted by Gasteiger charge is -2.07. The van der Waals surface area contributed by atoms with Crippen molar-refractivity contribution in [3.8, 4) is 0 Å². The van der Waals surface area contributed by atoms with Crippen molar-refractivity contribution in [2.75, 3.05) is 12.5 Å². The zero-order valence-corrected chi connectivity index (χ0v) is 9.96. The van der Waals surface area contributed by atoms with Crippen LogP contribution in [0.4, 0.5) is 0 Å². The molecule has 0 fully saturated rings. The molecule has 0 heterocycles. The molecule has 14 heavy (non-hydrogen) atoms. The number of hydrogen-bond donors (Lipinski definition) is 1. The second-order valence-corrected chi connectivity index (χ2v) is 4.18. The number of alkyl halides is 1. The molecule has 0 aromatic heterocycles. The Hall–Kier alpha value is -0.0900. The maximum Gasteiger partial charge on any atom is 0.0908 e. The Morgan fingerprint density at radius 3 is 2.93 bits per heavy atom. The highest BCUT2D eigenvalue weighted by Crippen LogP contribution is 2.12. The summed E-state index contributed by atoms with van der Waals surface area (Å²) in [6, 6.07) is 7.85. The van der Waals surface area contributed by atoms with Gasteiger partial charge in [0, 0.05) is 4.47 Å². The fourth-order valence-corrected chi connectivity index (χ4v) is 1.52. The smallest absolute Gasteiger partial charge is 0.0908 e. The third kappa shape index (κ3) is 4.42. The van der Waals surface area contributed by atoms with Gasteiger partial charge in [-0.05, 0) is 17.7 Å². The highest BCUT2D eigenvalue weighted by Gasteiger charge is 2.01. The van der Waals surface area contributed by atoms with Crippen LogP contribution in [0.5, 0.6) is 0 Å². The summed E-state index contributed by atoms with van der Waals surface area (Å²) in [7, 11) is 0. The van der Waals surface area contributed by atoms with Crippen LogP contribution in [-0.2, 0) is 11.3 Å². The molecule has 0 saturated heterocycles. The van der Waals surface area contributed by atoms with Crippen LogP contribution in [0.1, 0.15) is 5.56 Å². The van der Waals surface area contributed by atoms with E-state index in [1.54, 1.807) is 0 Å². The molecule has 0 amide bonds. The largest absolute Gasteiger partial charge is 0.389 e. The van der Waals surface area contributed by atoms with E-state index in [4.69, 9.17) is 21.4 Å². The second kappa shape index (κ2) is 6.40. The fraction of sp³-hybridized carbons (Fsp3) is 0.400. The molecule has 78 valence electrons. The van der Waals surface area contributed by atoms with Gasteiger partial charge in [0.2, 0.25) is 0 Å². The molecule has 0 radical (unpaired) electrons. The van der Waals surface area contributed by atoms with E-state index in [-0.39, 0.29) is 12.5 Å². The molecule has 0 aliphatic rings. The Kier molecular flexibility index (Phi) is 5.48. The van der Waals surface area contributed by atoms with Gasteiger partial charge in [-0.1, -0.05) is 28.1 Å². The third-order valence-corrected chi connectivity index (χ3v) is 2.50. The van der Waals surface area contributed by atoms with E-state index < -0.39 is 6.10 Å². The van der Waals surface area contributed by atoms with Gasteiger partial charge in [-0.3, -0.25) is 0 Å². The summed E-state index contributed by atoms with van der Waals surface area (Å²) in [4.78, 5) is 0. The average Bonchev–Trinajstić information content (AvgIpc) is 2.17. The molecule has 4 heteroatoms. The highest BCUT2D eigenvalue weighted by molar-refractivity contribution is 9.10. The van der Waals surface area contributed by atoms with Gasteiger partial charge < -0.3 is 9.84 Å². The van der Waals surface area contributed by atoms with Crippen LogP contribution in [0.3, 0.4) is 0 Å². The maximum absolute atomic E-state index is 9.12. The normalized spacial score (nSPS) is 12.8. The molecular formula is C10H12BrClO2. The summed E-state index contributed by atoms with van der Waals surface area (Å²) < 4.78 is 6.30. The first kappa shape index (κ1) is 12.0. The van der Waals surface area contributed by atoms with Crippen molar-refractivity contribution in [3.63, 3.8) is 0 Å². The minimum Gasteiger partial charge on any atom is -0.389 e. The Morgan fingerprint density at radius 2 is 2.29 bits per heavy atom. The number of rotatable bonds is 5. The summed E-state index contributed by atoms with van der Waals surface area (Å²) >= 11 is 8.79. The number of halogens is 2. The third-order valence-electron chi connectivity index (χ3n) is 1.65. The van der Waals surface area contributed by atoms with E-state index in [1.807, 2.05) is 24.3 Å². The molecule has 1 rings (SSSR count). The molecule has 1 aromatic rings. The first-order valence-corrected chi connectivity index (χ1v) is 5.61. The highest BCUT2D eigenvalue weighted by atomic mass is 79.9.